The van der Waals surface area contributed by atoms with Crippen LogP contribution in [0.2, 0.25) is 0 Å². The van der Waals surface area contributed by atoms with Crippen molar-refractivity contribution < 1.29 is 14.3 Å². The molecule has 22 heavy (non-hydrogen) atoms. The zero-order valence-electron chi connectivity index (χ0n) is 13.5. The second-order valence-corrected chi connectivity index (χ2v) is 8.96. The van der Waals surface area contributed by atoms with Gasteiger partial charge in [0.1, 0.15) is 17.3 Å². The summed E-state index contributed by atoms with van der Waals surface area (Å²) in [5.74, 6) is 2.48. The summed E-state index contributed by atoms with van der Waals surface area (Å²) in [6, 6.07) is 6.82. The van der Waals surface area contributed by atoms with Crippen molar-refractivity contribution in [3.05, 3.63) is 42.0 Å². The van der Waals surface area contributed by atoms with E-state index in [1.165, 1.54) is 12.8 Å². The molecule has 0 radical (unpaired) electrons. The lowest BCUT2D eigenvalue weighted by atomic mass is 10.0. The standard InChI is InChI=1S/C18H23O3S/c1-13(2)17(20)21-15-9-7-14(8-10-15)16(19)18(3,4)22-11-5-6-12-22/h7-10H,1,5-6,11-12H2,2-4H3/q+1. The maximum Gasteiger partial charge on any atom is 0.338 e. The Labute approximate surface area is 135 Å². The summed E-state index contributed by atoms with van der Waals surface area (Å²) in [7, 11) is 0.165. The summed E-state index contributed by atoms with van der Waals surface area (Å²) in [5, 5.41) is 0. The van der Waals surface area contributed by atoms with E-state index in [1.54, 1.807) is 31.2 Å². The van der Waals surface area contributed by atoms with E-state index >= 15 is 0 Å². The van der Waals surface area contributed by atoms with Crippen LogP contribution in [0.5, 0.6) is 5.75 Å². The molecule has 0 spiro atoms. The molecule has 3 nitrogen and oxygen atoms in total. The van der Waals surface area contributed by atoms with E-state index in [0.717, 1.165) is 11.5 Å². The molecule has 0 unspecified atom stereocenters. The van der Waals surface area contributed by atoms with E-state index < -0.39 is 5.97 Å². The number of carbonyl (C=O) groups is 2. The van der Waals surface area contributed by atoms with Crippen molar-refractivity contribution in [3.63, 3.8) is 0 Å². The summed E-state index contributed by atoms with van der Waals surface area (Å²) >= 11 is 0. The van der Waals surface area contributed by atoms with Crippen molar-refractivity contribution in [1.82, 2.24) is 0 Å². The van der Waals surface area contributed by atoms with Crippen molar-refractivity contribution in [2.75, 3.05) is 11.5 Å². The second kappa shape index (κ2) is 6.69. The lowest BCUT2D eigenvalue weighted by Gasteiger charge is -2.21. The van der Waals surface area contributed by atoms with E-state index in [4.69, 9.17) is 4.74 Å². The Bertz CT molecular complexity index is 581. The molecule has 0 saturated carbocycles. The van der Waals surface area contributed by atoms with Gasteiger partial charge in [-0.1, -0.05) is 6.58 Å². The highest BCUT2D eigenvalue weighted by Gasteiger charge is 2.46. The summed E-state index contributed by atoms with van der Waals surface area (Å²) in [5.41, 5.74) is 1.03. The zero-order chi connectivity index (χ0) is 16.3. The fourth-order valence-electron chi connectivity index (χ4n) is 2.51. The summed E-state index contributed by atoms with van der Waals surface area (Å²) < 4.78 is 4.83. The van der Waals surface area contributed by atoms with E-state index in [2.05, 4.69) is 20.4 Å². The largest absolute Gasteiger partial charge is 0.423 e. The maximum atomic E-state index is 12.8. The predicted octanol–water partition coefficient (Wildman–Crippen LogP) is 3.54. The van der Waals surface area contributed by atoms with Crippen molar-refractivity contribution in [2.24, 2.45) is 0 Å². The minimum atomic E-state index is -0.452. The molecule has 0 aromatic heterocycles. The quantitative estimate of drug-likeness (QED) is 0.274. The SMILES string of the molecule is C=C(C)C(=O)Oc1ccc(C(=O)C(C)(C)[S+]2CCCC2)cc1. The fraction of sp³-hybridized carbons (Fsp3) is 0.444. The predicted molar refractivity (Wildman–Crippen MR) is 91.6 cm³/mol. The number of Topliss-reactive ketones (excluding diaryl/α,β-unsaturated/α-hetero) is 1. The van der Waals surface area contributed by atoms with Gasteiger partial charge in [-0.25, -0.2) is 4.79 Å². The lowest BCUT2D eigenvalue weighted by Crippen LogP contribution is -2.41. The molecule has 1 heterocycles. The summed E-state index contributed by atoms with van der Waals surface area (Å²) in [6.07, 6.45) is 2.46. The molecule has 0 atom stereocenters. The van der Waals surface area contributed by atoms with E-state index in [-0.39, 0.29) is 21.4 Å². The topological polar surface area (TPSA) is 43.4 Å². The van der Waals surface area contributed by atoms with Crippen LogP contribution in [0.4, 0.5) is 0 Å². The van der Waals surface area contributed by atoms with Crippen LogP contribution in [0.1, 0.15) is 44.0 Å². The summed E-state index contributed by atoms with van der Waals surface area (Å²) in [6.45, 7) is 9.26. The number of ether oxygens (including phenoxy) is 1. The molecule has 1 aliphatic heterocycles. The van der Waals surface area contributed by atoms with Gasteiger partial charge >= 0.3 is 5.97 Å². The van der Waals surface area contributed by atoms with Gasteiger partial charge in [0.2, 0.25) is 5.78 Å². The number of benzene rings is 1. The molecule has 0 amide bonds. The Morgan fingerprint density at radius 2 is 1.68 bits per heavy atom. The molecule has 1 saturated heterocycles. The van der Waals surface area contributed by atoms with Gasteiger partial charge in [-0.3, -0.25) is 4.79 Å². The third-order valence-corrected chi connectivity index (χ3v) is 7.17. The first-order chi connectivity index (χ1) is 10.3. The van der Waals surface area contributed by atoms with Crippen LogP contribution in [0.3, 0.4) is 0 Å². The van der Waals surface area contributed by atoms with Gasteiger partial charge in [-0.2, -0.15) is 0 Å². The molecular weight excluding hydrogens is 296 g/mol. The number of esters is 1. The summed E-state index contributed by atoms with van der Waals surface area (Å²) in [4.78, 5) is 24.3. The highest BCUT2D eigenvalue weighted by molar-refractivity contribution is 7.99. The third-order valence-electron chi connectivity index (χ3n) is 3.98. The number of carbonyl (C=O) groups excluding carboxylic acids is 2. The van der Waals surface area contributed by atoms with Crippen LogP contribution in [-0.2, 0) is 15.7 Å². The molecule has 1 aliphatic rings. The minimum absolute atomic E-state index is 0.165. The molecular formula is C18H23O3S+. The monoisotopic (exact) mass is 319 g/mol. The van der Waals surface area contributed by atoms with Gasteiger partial charge in [0.05, 0.1) is 0 Å². The number of ketones is 1. The van der Waals surface area contributed by atoms with Crippen LogP contribution in [-0.4, -0.2) is 28.0 Å². The Balaban J connectivity index is 2.10. The van der Waals surface area contributed by atoms with Crippen LogP contribution in [0.15, 0.2) is 36.4 Å². The van der Waals surface area contributed by atoms with Gasteiger partial charge in [0.15, 0.2) is 4.75 Å². The van der Waals surface area contributed by atoms with Crippen molar-refractivity contribution >= 4 is 22.6 Å². The molecule has 1 aromatic carbocycles. The number of hydrogen-bond acceptors (Lipinski definition) is 3. The van der Waals surface area contributed by atoms with E-state index in [9.17, 15) is 9.59 Å². The fourth-order valence-corrected chi connectivity index (χ4v) is 5.22. The Hall–Kier alpha value is -1.55. The zero-order valence-corrected chi connectivity index (χ0v) is 14.3. The normalized spacial score (nSPS) is 15.6. The van der Waals surface area contributed by atoms with Crippen molar-refractivity contribution in [3.8, 4) is 5.75 Å². The minimum Gasteiger partial charge on any atom is -0.423 e. The van der Waals surface area contributed by atoms with Gasteiger partial charge in [0, 0.05) is 22.0 Å². The Kier molecular flexibility index (Phi) is 5.12. The molecule has 1 aromatic rings. The van der Waals surface area contributed by atoms with Gasteiger partial charge in [-0.15, -0.1) is 0 Å². The van der Waals surface area contributed by atoms with Crippen molar-refractivity contribution in [2.45, 2.75) is 38.4 Å². The van der Waals surface area contributed by atoms with Crippen LogP contribution in [0, 0.1) is 0 Å². The highest BCUT2D eigenvalue weighted by Crippen LogP contribution is 2.31. The molecule has 4 heteroatoms. The number of rotatable bonds is 5. The molecule has 0 aliphatic carbocycles. The lowest BCUT2D eigenvalue weighted by molar-refractivity contribution is -0.130. The first kappa shape index (κ1) is 16.8. The second-order valence-electron chi connectivity index (χ2n) is 6.14. The first-order valence-corrected chi connectivity index (χ1v) is 9.09. The molecule has 0 bridgehead atoms. The van der Waals surface area contributed by atoms with Crippen molar-refractivity contribution in [1.29, 1.82) is 0 Å². The molecule has 0 N–H and O–H groups in total. The van der Waals surface area contributed by atoms with E-state index in [0.29, 0.717) is 16.9 Å². The number of hydrogen-bond donors (Lipinski definition) is 0. The highest BCUT2D eigenvalue weighted by atomic mass is 32.2. The Morgan fingerprint density at radius 1 is 1.14 bits per heavy atom. The third kappa shape index (κ3) is 3.61. The molecule has 118 valence electrons. The van der Waals surface area contributed by atoms with Gasteiger partial charge < -0.3 is 4.74 Å². The van der Waals surface area contributed by atoms with E-state index in [1.807, 2.05) is 0 Å². The molecule has 1 fully saturated rings. The average Bonchev–Trinajstić information content (AvgIpc) is 3.02. The van der Waals surface area contributed by atoms with Gasteiger partial charge in [-0.05, 0) is 57.9 Å². The van der Waals surface area contributed by atoms with Crippen LogP contribution in [0.25, 0.3) is 0 Å². The maximum absolute atomic E-state index is 12.8. The smallest absolute Gasteiger partial charge is 0.338 e. The Morgan fingerprint density at radius 3 is 2.18 bits per heavy atom. The van der Waals surface area contributed by atoms with Crippen LogP contribution < -0.4 is 4.74 Å². The van der Waals surface area contributed by atoms with Crippen LogP contribution >= 0.6 is 0 Å². The molecule has 2 rings (SSSR count). The first-order valence-electron chi connectivity index (χ1n) is 7.52. The van der Waals surface area contributed by atoms with Gasteiger partial charge in [0.25, 0.3) is 0 Å². The average molecular weight is 319 g/mol.